The molecule has 0 aliphatic carbocycles. The Balaban J connectivity index is 0.000000481. The molecule has 0 bridgehead atoms. The topological polar surface area (TPSA) is 35.5 Å². The molecule has 0 saturated heterocycles. The maximum atomic E-state index is 13.5. The molecule has 174 valence electrons. The van der Waals surface area contributed by atoms with E-state index in [4.69, 9.17) is 0 Å². The Hall–Kier alpha value is -3.53. The summed E-state index contributed by atoms with van der Waals surface area (Å²) in [6.45, 7) is 1.83. The van der Waals surface area contributed by atoms with Crippen molar-refractivity contribution in [3.05, 3.63) is 143 Å². The number of methoxy groups -OCH3 is 2. The molecule has 0 saturated carbocycles. The van der Waals surface area contributed by atoms with Gasteiger partial charge in [-0.05, 0) is 42.0 Å². The Morgan fingerprint density at radius 3 is 1.29 bits per heavy atom. The van der Waals surface area contributed by atoms with E-state index in [2.05, 4.69) is 45.9 Å². The van der Waals surface area contributed by atoms with Crippen molar-refractivity contribution in [2.45, 2.75) is 26.1 Å². The molecule has 3 heteroatoms. The van der Waals surface area contributed by atoms with Crippen molar-refractivity contribution >= 4 is 5.78 Å². The fraction of sp³-hybridized carbons (Fsp3) is 0.194. The highest BCUT2D eigenvalue weighted by Crippen LogP contribution is 2.22. The smallest absolute Gasteiger partial charge is 0.193 e. The van der Waals surface area contributed by atoms with Gasteiger partial charge in [-0.3, -0.25) is 4.79 Å². The molecule has 0 heterocycles. The van der Waals surface area contributed by atoms with E-state index in [1.165, 1.54) is 11.1 Å². The normalized spacial score (nSPS) is 10.5. The van der Waals surface area contributed by atoms with Crippen molar-refractivity contribution < 1.29 is 14.3 Å². The Morgan fingerprint density at radius 2 is 0.941 bits per heavy atom. The van der Waals surface area contributed by atoms with Gasteiger partial charge in [0, 0.05) is 25.3 Å². The van der Waals surface area contributed by atoms with E-state index in [0.29, 0.717) is 0 Å². The van der Waals surface area contributed by atoms with Crippen LogP contribution in [0, 0.1) is 0 Å². The molecule has 0 amide bonds. The molecular weight excluding hydrogens is 420 g/mol. The van der Waals surface area contributed by atoms with Gasteiger partial charge in [0.25, 0.3) is 0 Å². The summed E-state index contributed by atoms with van der Waals surface area (Å²) in [6.07, 6.45) is 1.44. The predicted octanol–water partition coefficient (Wildman–Crippen LogP) is 6.72. The average Bonchev–Trinajstić information content (AvgIpc) is 2.90. The van der Waals surface area contributed by atoms with Crippen LogP contribution in [0.2, 0.25) is 0 Å². The summed E-state index contributed by atoms with van der Waals surface area (Å²) in [4.78, 5) is 13.5. The van der Waals surface area contributed by atoms with E-state index >= 15 is 0 Å². The monoisotopic (exact) mass is 452 g/mol. The number of hydrogen-bond acceptors (Lipinski definition) is 3. The molecule has 0 radical (unpaired) electrons. The third-order valence-corrected chi connectivity index (χ3v) is 5.66. The van der Waals surface area contributed by atoms with Gasteiger partial charge in [-0.25, -0.2) is 0 Å². The van der Waals surface area contributed by atoms with Gasteiger partial charge in [0.15, 0.2) is 12.1 Å². The van der Waals surface area contributed by atoms with Gasteiger partial charge in [0.05, 0.1) is 0 Å². The van der Waals surface area contributed by atoms with Gasteiger partial charge in [-0.2, -0.15) is 0 Å². The van der Waals surface area contributed by atoms with Crippen LogP contribution in [0.1, 0.15) is 45.1 Å². The number of ketones is 1. The Morgan fingerprint density at radius 1 is 0.588 bits per heavy atom. The van der Waals surface area contributed by atoms with Gasteiger partial charge >= 0.3 is 0 Å². The van der Waals surface area contributed by atoms with Crippen LogP contribution in [0.5, 0.6) is 0 Å². The Labute approximate surface area is 203 Å². The molecule has 0 spiro atoms. The standard InChI is InChI=1S/C27H22O.C4H10O2/c28-27(25-17-9-7-15-23(25)19-21-11-3-1-4-12-21)26-18-10-8-16-24(26)20-22-13-5-2-6-14-22;1-4(5-2)6-3/h1-18H,19-20H2;4H,1-3H3. The molecule has 0 atom stereocenters. The lowest BCUT2D eigenvalue weighted by atomic mass is 9.90. The number of carbonyl (C=O) groups is 1. The first-order valence-corrected chi connectivity index (χ1v) is 11.5. The fourth-order valence-electron chi connectivity index (χ4n) is 3.66. The number of rotatable bonds is 8. The zero-order chi connectivity index (χ0) is 24.2. The minimum Gasteiger partial charge on any atom is -0.356 e. The highest BCUT2D eigenvalue weighted by atomic mass is 16.7. The quantitative estimate of drug-likeness (QED) is 0.220. The number of carbonyl (C=O) groups excluding carboxylic acids is 1. The molecule has 0 aromatic heterocycles. The van der Waals surface area contributed by atoms with E-state index in [0.717, 1.165) is 35.1 Å². The second kappa shape index (κ2) is 13.2. The minimum atomic E-state index is -0.0648. The van der Waals surface area contributed by atoms with Crippen LogP contribution < -0.4 is 0 Å². The van der Waals surface area contributed by atoms with Crippen LogP contribution >= 0.6 is 0 Å². The summed E-state index contributed by atoms with van der Waals surface area (Å²) in [5.41, 5.74) is 6.11. The molecule has 4 rings (SSSR count). The lowest BCUT2D eigenvalue weighted by Gasteiger charge is -2.12. The van der Waals surface area contributed by atoms with Crippen LogP contribution in [0.3, 0.4) is 0 Å². The third-order valence-electron chi connectivity index (χ3n) is 5.66. The van der Waals surface area contributed by atoms with Crippen LogP contribution in [0.25, 0.3) is 0 Å². The van der Waals surface area contributed by atoms with Crippen molar-refractivity contribution in [3.63, 3.8) is 0 Å². The second-order valence-electron chi connectivity index (χ2n) is 8.01. The lowest BCUT2D eigenvalue weighted by molar-refractivity contribution is -0.0877. The van der Waals surface area contributed by atoms with Crippen molar-refractivity contribution in [3.8, 4) is 0 Å². The summed E-state index contributed by atoms with van der Waals surface area (Å²) in [7, 11) is 3.21. The van der Waals surface area contributed by atoms with E-state index in [-0.39, 0.29) is 12.1 Å². The van der Waals surface area contributed by atoms with E-state index in [1.54, 1.807) is 14.2 Å². The van der Waals surface area contributed by atoms with Crippen molar-refractivity contribution in [1.29, 1.82) is 0 Å². The largest absolute Gasteiger partial charge is 0.356 e. The molecule has 0 N–H and O–H groups in total. The Bertz CT molecular complexity index is 1060. The molecule has 0 fully saturated rings. The average molecular weight is 453 g/mol. The molecule has 4 aromatic rings. The van der Waals surface area contributed by atoms with Crippen LogP contribution in [-0.2, 0) is 22.3 Å². The van der Waals surface area contributed by atoms with Crippen molar-refractivity contribution in [1.82, 2.24) is 0 Å². The number of hydrogen-bond donors (Lipinski definition) is 0. The molecule has 4 aromatic carbocycles. The van der Waals surface area contributed by atoms with Gasteiger partial charge in [0.2, 0.25) is 0 Å². The third kappa shape index (κ3) is 7.24. The predicted molar refractivity (Wildman–Crippen MR) is 138 cm³/mol. The summed E-state index contributed by atoms with van der Waals surface area (Å²) in [5, 5.41) is 0. The molecule has 0 unspecified atom stereocenters. The van der Waals surface area contributed by atoms with Gasteiger partial charge in [-0.1, -0.05) is 109 Å². The van der Waals surface area contributed by atoms with Crippen LogP contribution in [0.4, 0.5) is 0 Å². The van der Waals surface area contributed by atoms with E-state index < -0.39 is 0 Å². The van der Waals surface area contributed by atoms with Crippen LogP contribution in [0.15, 0.2) is 109 Å². The summed E-state index contributed by atoms with van der Waals surface area (Å²) in [6, 6.07) is 36.5. The zero-order valence-corrected chi connectivity index (χ0v) is 20.1. The molecular formula is C31H32O3. The van der Waals surface area contributed by atoms with Crippen molar-refractivity contribution in [2.75, 3.05) is 14.2 Å². The molecule has 0 aliphatic rings. The minimum absolute atomic E-state index is 0.0648. The van der Waals surface area contributed by atoms with Gasteiger partial charge in [0.1, 0.15) is 0 Å². The number of ether oxygens (including phenoxy) is 2. The molecule has 3 nitrogen and oxygen atoms in total. The summed E-state index contributed by atoms with van der Waals surface area (Å²) < 4.78 is 9.35. The van der Waals surface area contributed by atoms with E-state index in [9.17, 15) is 4.79 Å². The first kappa shape index (κ1) is 25.1. The van der Waals surface area contributed by atoms with Gasteiger partial charge in [-0.15, -0.1) is 0 Å². The first-order valence-electron chi connectivity index (χ1n) is 11.5. The summed E-state index contributed by atoms with van der Waals surface area (Å²) >= 11 is 0. The maximum Gasteiger partial charge on any atom is 0.193 e. The lowest BCUT2D eigenvalue weighted by Crippen LogP contribution is -2.09. The SMILES string of the molecule is COC(C)OC.O=C(c1ccccc1Cc1ccccc1)c1ccccc1Cc1ccccc1. The van der Waals surface area contributed by atoms with Crippen LogP contribution in [-0.4, -0.2) is 26.3 Å². The molecule has 34 heavy (non-hydrogen) atoms. The van der Waals surface area contributed by atoms with Crippen molar-refractivity contribution in [2.24, 2.45) is 0 Å². The highest BCUT2D eigenvalue weighted by Gasteiger charge is 2.16. The maximum absolute atomic E-state index is 13.5. The van der Waals surface area contributed by atoms with E-state index in [1.807, 2.05) is 79.7 Å². The zero-order valence-electron chi connectivity index (χ0n) is 20.1. The first-order chi connectivity index (χ1) is 16.6. The molecule has 0 aliphatic heterocycles. The Kier molecular flexibility index (Phi) is 9.78. The summed E-state index contributed by atoms with van der Waals surface area (Å²) in [5.74, 6) is 0.0954. The number of benzene rings is 4. The fourth-order valence-corrected chi connectivity index (χ4v) is 3.66. The highest BCUT2D eigenvalue weighted by molar-refractivity contribution is 6.10. The second-order valence-corrected chi connectivity index (χ2v) is 8.01. The van der Waals surface area contributed by atoms with Gasteiger partial charge < -0.3 is 9.47 Å².